The fourth-order valence-corrected chi connectivity index (χ4v) is 2.62. The lowest BCUT2D eigenvalue weighted by Gasteiger charge is -2.07. The predicted molar refractivity (Wildman–Crippen MR) is 75.1 cm³/mol. The molecule has 0 aliphatic heterocycles. The molecule has 2 rings (SSSR count). The molecule has 0 radical (unpaired) electrons. The number of halogens is 1. The number of hydrogen-bond acceptors (Lipinski definition) is 3. The molecule has 0 spiro atoms. The molecule has 0 saturated carbocycles. The summed E-state index contributed by atoms with van der Waals surface area (Å²) in [5, 5.41) is 5.17. The van der Waals surface area contributed by atoms with Crippen LogP contribution in [0.5, 0.6) is 0 Å². The van der Waals surface area contributed by atoms with E-state index in [-0.39, 0.29) is 0 Å². The van der Waals surface area contributed by atoms with E-state index in [1.807, 2.05) is 19.1 Å². The highest BCUT2D eigenvalue weighted by atomic mass is 35.5. The Kier molecular flexibility index (Phi) is 3.69. The van der Waals surface area contributed by atoms with Gasteiger partial charge in [-0.1, -0.05) is 17.7 Å². The van der Waals surface area contributed by atoms with Gasteiger partial charge in [0.15, 0.2) is 0 Å². The van der Waals surface area contributed by atoms with E-state index in [2.05, 4.69) is 30.2 Å². The highest BCUT2D eigenvalue weighted by Gasteiger charge is 2.05. The molecule has 0 unspecified atom stereocenters. The summed E-state index contributed by atoms with van der Waals surface area (Å²) < 4.78 is 0. The maximum Gasteiger partial charge on any atom is 0.112 e. The van der Waals surface area contributed by atoms with Gasteiger partial charge in [0.1, 0.15) is 5.01 Å². The van der Waals surface area contributed by atoms with Gasteiger partial charge in [0.05, 0.1) is 22.9 Å². The number of anilines is 1. The van der Waals surface area contributed by atoms with Crippen molar-refractivity contribution in [1.82, 2.24) is 4.98 Å². The van der Waals surface area contributed by atoms with Gasteiger partial charge in [-0.05, 0) is 38.5 Å². The molecule has 0 bridgehead atoms. The third kappa shape index (κ3) is 2.99. The van der Waals surface area contributed by atoms with E-state index < -0.39 is 0 Å². The second kappa shape index (κ2) is 5.07. The largest absolute Gasteiger partial charge is 0.377 e. The average Bonchev–Trinajstić information content (AvgIpc) is 2.60. The molecule has 0 aliphatic carbocycles. The molecule has 1 aromatic carbocycles. The summed E-state index contributed by atoms with van der Waals surface area (Å²) in [5.74, 6) is 0. The van der Waals surface area contributed by atoms with Crippen molar-refractivity contribution in [2.24, 2.45) is 0 Å². The lowest BCUT2D eigenvalue weighted by atomic mass is 10.2. The zero-order valence-electron chi connectivity index (χ0n) is 10.2. The number of aryl methyl sites for hydroxylation is 3. The maximum absolute atomic E-state index is 6.12. The number of nitrogens with zero attached hydrogens (tertiary/aromatic N) is 1. The van der Waals surface area contributed by atoms with Crippen LogP contribution in [-0.4, -0.2) is 4.98 Å². The van der Waals surface area contributed by atoms with E-state index in [4.69, 9.17) is 11.6 Å². The first-order valence-corrected chi connectivity index (χ1v) is 6.68. The van der Waals surface area contributed by atoms with Crippen molar-refractivity contribution in [3.63, 3.8) is 0 Å². The Morgan fingerprint density at radius 1 is 1.29 bits per heavy atom. The molecule has 1 N–H and O–H groups in total. The molecule has 0 saturated heterocycles. The van der Waals surface area contributed by atoms with Crippen molar-refractivity contribution in [3.8, 4) is 0 Å². The molecular formula is C13H15ClN2S. The molecule has 0 fully saturated rings. The van der Waals surface area contributed by atoms with Crippen LogP contribution in [0.25, 0.3) is 0 Å². The first-order chi connectivity index (χ1) is 8.06. The van der Waals surface area contributed by atoms with Crippen LogP contribution in [0.15, 0.2) is 18.2 Å². The molecule has 17 heavy (non-hydrogen) atoms. The number of aromatic nitrogens is 1. The number of nitrogens with one attached hydrogen (secondary N) is 1. The van der Waals surface area contributed by atoms with Crippen molar-refractivity contribution in [1.29, 1.82) is 0 Å². The summed E-state index contributed by atoms with van der Waals surface area (Å²) >= 11 is 7.85. The van der Waals surface area contributed by atoms with Gasteiger partial charge in [0.2, 0.25) is 0 Å². The van der Waals surface area contributed by atoms with Gasteiger partial charge < -0.3 is 5.32 Å². The minimum atomic E-state index is 0.725. The topological polar surface area (TPSA) is 24.9 Å². The molecular weight excluding hydrogens is 252 g/mol. The van der Waals surface area contributed by atoms with Crippen LogP contribution in [0.4, 0.5) is 5.69 Å². The summed E-state index contributed by atoms with van der Waals surface area (Å²) in [7, 11) is 0. The van der Waals surface area contributed by atoms with Crippen LogP contribution >= 0.6 is 22.9 Å². The van der Waals surface area contributed by atoms with Crippen LogP contribution in [0.3, 0.4) is 0 Å². The average molecular weight is 267 g/mol. The first kappa shape index (κ1) is 12.4. The van der Waals surface area contributed by atoms with Crippen molar-refractivity contribution in [2.75, 3.05) is 5.32 Å². The van der Waals surface area contributed by atoms with E-state index in [1.54, 1.807) is 11.3 Å². The standard InChI is InChI=1S/C13H15ClN2S/c1-8-4-5-11(14)12(6-8)15-7-13-16-9(2)10(3)17-13/h4-6,15H,7H2,1-3H3. The Labute approximate surface area is 111 Å². The zero-order chi connectivity index (χ0) is 12.4. The number of hydrogen-bond donors (Lipinski definition) is 1. The highest BCUT2D eigenvalue weighted by Crippen LogP contribution is 2.24. The fourth-order valence-electron chi connectivity index (χ4n) is 1.56. The minimum absolute atomic E-state index is 0.725. The molecule has 0 atom stereocenters. The minimum Gasteiger partial charge on any atom is -0.377 e. The maximum atomic E-state index is 6.12. The van der Waals surface area contributed by atoms with Crippen LogP contribution in [0.1, 0.15) is 21.1 Å². The third-order valence-electron chi connectivity index (χ3n) is 2.62. The zero-order valence-corrected chi connectivity index (χ0v) is 11.7. The van der Waals surface area contributed by atoms with Crippen LogP contribution < -0.4 is 5.32 Å². The molecule has 4 heteroatoms. The number of benzene rings is 1. The quantitative estimate of drug-likeness (QED) is 0.894. The molecule has 0 aliphatic rings. The summed E-state index contributed by atoms with van der Waals surface area (Å²) in [6, 6.07) is 5.97. The molecule has 2 aromatic rings. The van der Waals surface area contributed by atoms with Crippen molar-refractivity contribution < 1.29 is 0 Å². The summed E-state index contributed by atoms with van der Waals surface area (Å²) in [6.07, 6.45) is 0. The summed E-state index contributed by atoms with van der Waals surface area (Å²) in [6.45, 7) is 6.91. The van der Waals surface area contributed by atoms with E-state index in [9.17, 15) is 0 Å². The normalized spacial score (nSPS) is 10.6. The fraction of sp³-hybridized carbons (Fsp3) is 0.308. The summed E-state index contributed by atoms with van der Waals surface area (Å²) in [4.78, 5) is 5.77. The molecule has 90 valence electrons. The van der Waals surface area contributed by atoms with Crippen LogP contribution in [0.2, 0.25) is 5.02 Å². The Hall–Kier alpha value is -1.06. The lowest BCUT2D eigenvalue weighted by molar-refractivity contribution is 1.07. The van der Waals surface area contributed by atoms with E-state index in [0.717, 1.165) is 28.0 Å². The van der Waals surface area contributed by atoms with E-state index in [1.165, 1.54) is 10.4 Å². The Bertz CT molecular complexity index is 515. The molecule has 2 nitrogen and oxygen atoms in total. The van der Waals surface area contributed by atoms with Crippen LogP contribution in [-0.2, 0) is 6.54 Å². The SMILES string of the molecule is Cc1ccc(Cl)c(NCc2nc(C)c(C)s2)c1. The number of thiazole rings is 1. The number of rotatable bonds is 3. The molecule has 1 aromatic heterocycles. The van der Waals surface area contributed by atoms with Gasteiger partial charge in [-0.25, -0.2) is 4.98 Å². The van der Waals surface area contributed by atoms with Gasteiger partial charge in [0.25, 0.3) is 0 Å². The smallest absolute Gasteiger partial charge is 0.112 e. The van der Waals surface area contributed by atoms with Gasteiger partial charge in [-0.2, -0.15) is 0 Å². The Morgan fingerprint density at radius 3 is 2.71 bits per heavy atom. The van der Waals surface area contributed by atoms with E-state index >= 15 is 0 Å². The van der Waals surface area contributed by atoms with Crippen molar-refractivity contribution in [3.05, 3.63) is 44.4 Å². The first-order valence-electron chi connectivity index (χ1n) is 5.49. The van der Waals surface area contributed by atoms with Gasteiger partial charge >= 0.3 is 0 Å². The Morgan fingerprint density at radius 2 is 2.06 bits per heavy atom. The van der Waals surface area contributed by atoms with Crippen molar-refractivity contribution in [2.45, 2.75) is 27.3 Å². The Balaban J connectivity index is 2.09. The molecule has 1 heterocycles. The van der Waals surface area contributed by atoms with E-state index in [0.29, 0.717) is 0 Å². The van der Waals surface area contributed by atoms with Gasteiger partial charge in [0, 0.05) is 4.88 Å². The van der Waals surface area contributed by atoms with Gasteiger partial charge in [-0.3, -0.25) is 0 Å². The second-order valence-corrected chi connectivity index (χ2v) is 5.78. The van der Waals surface area contributed by atoms with Gasteiger partial charge in [-0.15, -0.1) is 11.3 Å². The van der Waals surface area contributed by atoms with Crippen molar-refractivity contribution >= 4 is 28.6 Å². The second-order valence-electron chi connectivity index (χ2n) is 4.09. The highest BCUT2D eigenvalue weighted by molar-refractivity contribution is 7.11. The predicted octanol–water partition coefficient (Wildman–Crippen LogP) is 4.33. The third-order valence-corrected chi connectivity index (χ3v) is 4.03. The van der Waals surface area contributed by atoms with Crippen LogP contribution in [0, 0.1) is 20.8 Å². The molecule has 0 amide bonds. The lowest BCUT2D eigenvalue weighted by Crippen LogP contribution is -1.99. The monoisotopic (exact) mass is 266 g/mol. The summed E-state index contributed by atoms with van der Waals surface area (Å²) in [5.41, 5.74) is 3.28.